The van der Waals surface area contributed by atoms with Crippen LogP contribution in [0, 0.1) is 16.0 Å². The first-order chi connectivity index (χ1) is 12.5. The van der Waals surface area contributed by atoms with Crippen molar-refractivity contribution in [3.8, 4) is 5.75 Å². The predicted molar refractivity (Wildman–Crippen MR) is 94.4 cm³/mol. The molecule has 0 heterocycles. The standard InChI is InChI=1S/C19H23NO6/c1-3-26-18(22)12-16(20(23)24)19(15-9-4-5-10-17(15)21)13-7-6-8-14(11-13)25-2/h6-8,11-12,15,19H,3-5,9-10H2,1-2H3/b16-12-/t15-,19+/m1/s1. The molecular weight excluding hydrogens is 338 g/mol. The lowest BCUT2D eigenvalue weighted by molar-refractivity contribution is -0.431. The minimum atomic E-state index is -0.822. The Morgan fingerprint density at radius 3 is 2.81 bits per heavy atom. The molecule has 1 aliphatic carbocycles. The average molecular weight is 361 g/mol. The van der Waals surface area contributed by atoms with Crippen LogP contribution in [0.5, 0.6) is 5.75 Å². The second kappa shape index (κ2) is 9.12. The first-order valence-corrected chi connectivity index (χ1v) is 8.67. The van der Waals surface area contributed by atoms with Crippen molar-refractivity contribution in [1.82, 2.24) is 0 Å². The molecule has 0 N–H and O–H groups in total. The van der Waals surface area contributed by atoms with E-state index in [1.165, 1.54) is 7.11 Å². The molecule has 0 radical (unpaired) electrons. The topological polar surface area (TPSA) is 95.7 Å². The van der Waals surface area contributed by atoms with Crippen molar-refractivity contribution in [3.63, 3.8) is 0 Å². The molecular formula is C19H23NO6. The molecule has 7 heteroatoms. The van der Waals surface area contributed by atoms with Gasteiger partial charge in [-0.05, 0) is 37.5 Å². The van der Waals surface area contributed by atoms with E-state index >= 15 is 0 Å². The zero-order chi connectivity index (χ0) is 19.1. The fourth-order valence-electron chi connectivity index (χ4n) is 3.37. The Morgan fingerprint density at radius 2 is 2.19 bits per heavy atom. The second-order valence-electron chi connectivity index (χ2n) is 6.15. The number of allylic oxidation sites excluding steroid dienone is 1. The van der Waals surface area contributed by atoms with Gasteiger partial charge in [0, 0.05) is 12.3 Å². The predicted octanol–water partition coefficient (Wildman–Crippen LogP) is 3.26. The van der Waals surface area contributed by atoms with Crippen molar-refractivity contribution in [3.05, 3.63) is 51.7 Å². The van der Waals surface area contributed by atoms with Crippen LogP contribution in [0.25, 0.3) is 0 Å². The first kappa shape index (κ1) is 19.6. The monoisotopic (exact) mass is 361 g/mol. The number of rotatable bonds is 7. The molecule has 0 aliphatic heterocycles. The second-order valence-corrected chi connectivity index (χ2v) is 6.15. The summed E-state index contributed by atoms with van der Waals surface area (Å²) in [6.45, 7) is 1.74. The third-order valence-corrected chi connectivity index (χ3v) is 4.54. The van der Waals surface area contributed by atoms with Crippen molar-refractivity contribution in [1.29, 1.82) is 0 Å². The van der Waals surface area contributed by atoms with E-state index in [-0.39, 0.29) is 18.1 Å². The van der Waals surface area contributed by atoms with E-state index < -0.39 is 22.7 Å². The number of ketones is 1. The molecule has 1 aliphatic rings. The van der Waals surface area contributed by atoms with Gasteiger partial charge in [0.15, 0.2) is 0 Å². The van der Waals surface area contributed by atoms with Gasteiger partial charge in [-0.3, -0.25) is 14.9 Å². The molecule has 0 saturated heterocycles. The molecule has 0 bridgehead atoms. The first-order valence-electron chi connectivity index (χ1n) is 8.67. The third kappa shape index (κ3) is 4.68. The summed E-state index contributed by atoms with van der Waals surface area (Å²) in [5.41, 5.74) is 0.258. The van der Waals surface area contributed by atoms with Gasteiger partial charge < -0.3 is 9.47 Å². The largest absolute Gasteiger partial charge is 0.497 e. The Hall–Kier alpha value is -2.70. The third-order valence-electron chi connectivity index (χ3n) is 4.54. The van der Waals surface area contributed by atoms with Gasteiger partial charge in [0.25, 0.3) is 5.70 Å². The van der Waals surface area contributed by atoms with Gasteiger partial charge in [-0.15, -0.1) is 0 Å². The van der Waals surface area contributed by atoms with E-state index in [4.69, 9.17) is 9.47 Å². The summed E-state index contributed by atoms with van der Waals surface area (Å²) >= 11 is 0. The normalized spacial score (nSPS) is 18.9. The Kier molecular flexibility index (Phi) is 6.89. The highest BCUT2D eigenvalue weighted by Crippen LogP contribution is 2.40. The number of esters is 1. The van der Waals surface area contributed by atoms with Crippen LogP contribution >= 0.6 is 0 Å². The fraction of sp³-hybridized carbons (Fsp3) is 0.474. The number of benzene rings is 1. The van der Waals surface area contributed by atoms with Crippen LogP contribution in [-0.4, -0.2) is 30.4 Å². The van der Waals surface area contributed by atoms with Crippen LogP contribution in [0.2, 0.25) is 0 Å². The highest BCUT2D eigenvalue weighted by Gasteiger charge is 2.39. The lowest BCUT2D eigenvalue weighted by Gasteiger charge is -2.27. The molecule has 1 saturated carbocycles. The zero-order valence-corrected chi connectivity index (χ0v) is 15.0. The summed E-state index contributed by atoms with van der Waals surface area (Å²) in [4.78, 5) is 35.5. The van der Waals surface area contributed by atoms with Crippen molar-refractivity contribution in [2.75, 3.05) is 13.7 Å². The number of nitrogens with zero attached hydrogens (tertiary/aromatic N) is 1. The minimum Gasteiger partial charge on any atom is -0.497 e. The van der Waals surface area contributed by atoms with E-state index in [1.54, 1.807) is 31.2 Å². The highest BCUT2D eigenvalue weighted by molar-refractivity contribution is 5.85. The molecule has 1 aromatic rings. The molecule has 0 aromatic heterocycles. The van der Waals surface area contributed by atoms with Crippen LogP contribution in [0.4, 0.5) is 0 Å². The molecule has 0 amide bonds. The molecule has 1 aromatic carbocycles. The molecule has 140 valence electrons. The fourth-order valence-corrected chi connectivity index (χ4v) is 3.37. The van der Waals surface area contributed by atoms with Gasteiger partial charge in [0.05, 0.1) is 30.6 Å². The summed E-state index contributed by atoms with van der Waals surface area (Å²) in [5, 5.41) is 11.7. The Balaban J connectivity index is 2.54. The molecule has 2 atom stereocenters. The maximum Gasteiger partial charge on any atom is 0.337 e. The maximum absolute atomic E-state index is 12.5. The van der Waals surface area contributed by atoms with Crippen molar-refractivity contribution < 1.29 is 24.0 Å². The number of ether oxygens (including phenoxy) is 2. The van der Waals surface area contributed by atoms with Gasteiger partial charge in [0.2, 0.25) is 0 Å². The van der Waals surface area contributed by atoms with Gasteiger partial charge >= 0.3 is 5.97 Å². The summed E-state index contributed by atoms with van der Waals surface area (Å²) < 4.78 is 10.1. The maximum atomic E-state index is 12.5. The number of hydrogen-bond donors (Lipinski definition) is 0. The quantitative estimate of drug-likeness (QED) is 0.320. The number of carbonyl (C=O) groups excluding carboxylic acids is 2. The van der Waals surface area contributed by atoms with Gasteiger partial charge in [-0.1, -0.05) is 18.6 Å². The van der Waals surface area contributed by atoms with E-state index in [1.807, 2.05) is 0 Å². The Bertz CT molecular complexity index is 712. The number of nitro groups is 1. The summed E-state index contributed by atoms with van der Waals surface area (Å²) in [5.74, 6) is -1.62. The number of Topliss-reactive ketones (excluding diaryl/α,β-unsaturated/α-hetero) is 1. The number of carbonyl (C=O) groups is 2. The lowest BCUT2D eigenvalue weighted by atomic mass is 9.74. The van der Waals surface area contributed by atoms with Gasteiger partial charge in [-0.25, -0.2) is 4.79 Å². The Labute approximate surface area is 152 Å². The number of methoxy groups -OCH3 is 1. The molecule has 26 heavy (non-hydrogen) atoms. The van der Waals surface area contributed by atoms with Gasteiger partial charge in [-0.2, -0.15) is 0 Å². The van der Waals surface area contributed by atoms with Crippen molar-refractivity contribution in [2.45, 2.75) is 38.5 Å². The molecule has 1 fully saturated rings. The minimum absolute atomic E-state index is 0.0133. The Morgan fingerprint density at radius 1 is 1.42 bits per heavy atom. The van der Waals surface area contributed by atoms with Crippen molar-refractivity contribution in [2.24, 2.45) is 5.92 Å². The molecule has 0 spiro atoms. The number of hydrogen-bond acceptors (Lipinski definition) is 6. The van der Waals surface area contributed by atoms with Crippen LogP contribution in [0.1, 0.15) is 44.1 Å². The highest BCUT2D eigenvalue weighted by atomic mass is 16.6. The van der Waals surface area contributed by atoms with E-state index in [0.29, 0.717) is 24.2 Å². The van der Waals surface area contributed by atoms with E-state index in [0.717, 1.165) is 18.9 Å². The van der Waals surface area contributed by atoms with Crippen molar-refractivity contribution >= 4 is 11.8 Å². The van der Waals surface area contributed by atoms with Gasteiger partial charge in [0.1, 0.15) is 11.5 Å². The molecule has 7 nitrogen and oxygen atoms in total. The average Bonchev–Trinajstić information content (AvgIpc) is 2.63. The SMILES string of the molecule is CCOC(=O)/C=C(/[C@@H](c1cccc(OC)c1)[C@@H]1CCCCC1=O)[N+](=O)[O-]. The van der Waals surface area contributed by atoms with Crippen LogP contribution in [-0.2, 0) is 14.3 Å². The van der Waals surface area contributed by atoms with E-state index in [9.17, 15) is 19.7 Å². The van der Waals surface area contributed by atoms with Crippen LogP contribution < -0.4 is 4.74 Å². The lowest BCUT2D eigenvalue weighted by Crippen LogP contribution is -2.29. The summed E-state index contributed by atoms with van der Waals surface area (Å²) in [6, 6.07) is 6.84. The van der Waals surface area contributed by atoms with E-state index in [2.05, 4.69) is 0 Å². The molecule has 0 unspecified atom stereocenters. The summed E-state index contributed by atoms with van der Waals surface area (Å²) in [6.07, 6.45) is 3.45. The van der Waals surface area contributed by atoms with Crippen LogP contribution in [0.3, 0.4) is 0 Å². The molecule has 2 rings (SSSR count). The smallest absolute Gasteiger partial charge is 0.337 e. The van der Waals surface area contributed by atoms with Crippen LogP contribution in [0.15, 0.2) is 36.0 Å². The summed E-state index contributed by atoms with van der Waals surface area (Å²) in [7, 11) is 1.50. The zero-order valence-electron chi connectivity index (χ0n) is 15.0.